The van der Waals surface area contributed by atoms with Gasteiger partial charge in [0, 0.05) is 12.6 Å². The topological polar surface area (TPSA) is 35.5 Å². The largest absolute Gasteiger partial charge is 0.392 e. The van der Waals surface area contributed by atoms with Crippen LogP contribution >= 0.6 is 0 Å². The van der Waals surface area contributed by atoms with E-state index in [4.69, 9.17) is 0 Å². The first-order valence-electron chi connectivity index (χ1n) is 6.85. The van der Waals surface area contributed by atoms with Crippen molar-refractivity contribution in [2.75, 3.05) is 26.7 Å². The Morgan fingerprint density at radius 2 is 1.81 bits per heavy atom. The fourth-order valence-electron chi connectivity index (χ4n) is 3.01. The van der Waals surface area contributed by atoms with E-state index >= 15 is 0 Å². The second-order valence-electron chi connectivity index (χ2n) is 5.60. The first kappa shape index (κ1) is 12.3. The third kappa shape index (κ3) is 3.44. The van der Waals surface area contributed by atoms with Gasteiger partial charge in [-0.3, -0.25) is 0 Å². The molecular formula is C13H26N2O. The Bertz CT molecular complexity index is 196. The Morgan fingerprint density at radius 1 is 1.19 bits per heavy atom. The number of rotatable bonds is 4. The number of aliphatic hydroxyl groups excluding tert-OH is 1. The van der Waals surface area contributed by atoms with Crippen LogP contribution < -0.4 is 5.32 Å². The summed E-state index contributed by atoms with van der Waals surface area (Å²) in [5.41, 5.74) is 0. The number of piperidine rings is 1. The molecule has 0 radical (unpaired) electrons. The monoisotopic (exact) mass is 226 g/mol. The molecule has 3 heteroatoms. The maximum absolute atomic E-state index is 10.1. The smallest absolute Gasteiger partial charge is 0.0692 e. The molecule has 1 aliphatic heterocycles. The summed E-state index contributed by atoms with van der Waals surface area (Å²) in [4.78, 5) is 2.38. The maximum atomic E-state index is 10.1. The van der Waals surface area contributed by atoms with Crippen molar-refractivity contribution in [3.05, 3.63) is 0 Å². The van der Waals surface area contributed by atoms with Gasteiger partial charge in [0.15, 0.2) is 0 Å². The summed E-state index contributed by atoms with van der Waals surface area (Å²) in [6.45, 7) is 3.19. The number of hydrogen-bond acceptors (Lipinski definition) is 3. The van der Waals surface area contributed by atoms with Gasteiger partial charge in [0.25, 0.3) is 0 Å². The summed E-state index contributed by atoms with van der Waals surface area (Å²) in [6.07, 6.45) is 7.45. The molecule has 0 spiro atoms. The average molecular weight is 226 g/mol. The van der Waals surface area contributed by atoms with Crippen LogP contribution in [-0.2, 0) is 0 Å². The van der Waals surface area contributed by atoms with E-state index in [1.165, 1.54) is 51.6 Å². The molecule has 16 heavy (non-hydrogen) atoms. The van der Waals surface area contributed by atoms with Crippen molar-refractivity contribution in [2.24, 2.45) is 5.92 Å². The third-order valence-corrected chi connectivity index (χ3v) is 4.28. The van der Waals surface area contributed by atoms with Gasteiger partial charge in [-0.1, -0.05) is 12.8 Å². The van der Waals surface area contributed by atoms with Gasteiger partial charge in [-0.15, -0.1) is 0 Å². The molecule has 1 unspecified atom stereocenters. The van der Waals surface area contributed by atoms with E-state index in [0.29, 0.717) is 12.0 Å². The van der Waals surface area contributed by atoms with Gasteiger partial charge in [-0.05, 0) is 51.7 Å². The molecule has 1 atom stereocenters. The lowest BCUT2D eigenvalue weighted by Gasteiger charge is -2.30. The van der Waals surface area contributed by atoms with E-state index in [-0.39, 0.29) is 6.10 Å². The highest BCUT2D eigenvalue weighted by Crippen LogP contribution is 2.27. The summed E-state index contributed by atoms with van der Waals surface area (Å²) < 4.78 is 0. The van der Waals surface area contributed by atoms with Crippen molar-refractivity contribution in [2.45, 2.75) is 50.7 Å². The standard InChI is InChI=1S/C13H26N2O/c1-15-8-6-12(7-9-15)14-10-13(16)11-4-2-3-5-11/h11-14,16H,2-10H2,1H3. The molecule has 0 aromatic carbocycles. The summed E-state index contributed by atoms with van der Waals surface area (Å²) >= 11 is 0. The molecule has 2 rings (SSSR count). The van der Waals surface area contributed by atoms with E-state index in [2.05, 4.69) is 17.3 Å². The Balaban J connectivity index is 1.62. The zero-order valence-electron chi connectivity index (χ0n) is 10.5. The van der Waals surface area contributed by atoms with Crippen molar-refractivity contribution in [1.29, 1.82) is 0 Å². The first-order chi connectivity index (χ1) is 7.75. The van der Waals surface area contributed by atoms with Crippen LogP contribution in [0.3, 0.4) is 0 Å². The Kier molecular flexibility index (Phi) is 4.62. The molecule has 0 aromatic heterocycles. The highest BCUT2D eigenvalue weighted by molar-refractivity contribution is 4.80. The second kappa shape index (κ2) is 5.99. The number of nitrogens with one attached hydrogen (secondary N) is 1. The minimum absolute atomic E-state index is 0.109. The van der Waals surface area contributed by atoms with E-state index in [1.807, 2.05) is 0 Å². The molecule has 1 saturated carbocycles. The van der Waals surface area contributed by atoms with Crippen molar-refractivity contribution >= 4 is 0 Å². The van der Waals surface area contributed by atoms with Crippen molar-refractivity contribution in [3.63, 3.8) is 0 Å². The minimum Gasteiger partial charge on any atom is -0.392 e. The van der Waals surface area contributed by atoms with Gasteiger partial charge >= 0.3 is 0 Å². The summed E-state index contributed by atoms with van der Waals surface area (Å²) in [7, 11) is 2.18. The lowest BCUT2D eigenvalue weighted by molar-refractivity contribution is 0.101. The Morgan fingerprint density at radius 3 is 2.44 bits per heavy atom. The predicted octanol–water partition coefficient (Wildman–Crippen LogP) is 1.22. The maximum Gasteiger partial charge on any atom is 0.0692 e. The van der Waals surface area contributed by atoms with E-state index < -0.39 is 0 Å². The molecule has 1 aliphatic carbocycles. The SMILES string of the molecule is CN1CCC(NCC(O)C2CCCC2)CC1. The fraction of sp³-hybridized carbons (Fsp3) is 1.00. The van der Waals surface area contributed by atoms with Crippen molar-refractivity contribution < 1.29 is 5.11 Å². The van der Waals surface area contributed by atoms with Crippen molar-refractivity contribution in [3.8, 4) is 0 Å². The summed E-state index contributed by atoms with van der Waals surface area (Å²) in [5, 5.41) is 13.6. The Labute approximate surface area is 99.2 Å². The van der Waals surface area contributed by atoms with Gasteiger partial charge in [0.2, 0.25) is 0 Å². The van der Waals surface area contributed by atoms with Crippen LogP contribution in [0.4, 0.5) is 0 Å². The van der Waals surface area contributed by atoms with Crippen LogP contribution in [0.15, 0.2) is 0 Å². The van der Waals surface area contributed by atoms with Crippen LogP contribution in [0, 0.1) is 5.92 Å². The van der Waals surface area contributed by atoms with Gasteiger partial charge in [0.05, 0.1) is 6.10 Å². The lowest BCUT2D eigenvalue weighted by Crippen LogP contribution is -2.44. The van der Waals surface area contributed by atoms with Gasteiger partial charge < -0.3 is 15.3 Å². The Hall–Kier alpha value is -0.120. The van der Waals surface area contributed by atoms with Crippen LogP contribution in [0.1, 0.15) is 38.5 Å². The molecule has 94 valence electrons. The molecule has 0 amide bonds. The van der Waals surface area contributed by atoms with E-state index in [1.54, 1.807) is 0 Å². The fourth-order valence-corrected chi connectivity index (χ4v) is 3.01. The minimum atomic E-state index is -0.109. The van der Waals surface area contributed by atoms with Crippen LogP contribution in [-0.4, -0.2) is 48.8 Å². The normalized spacial score (nSPS) is 27.4. The molecule has 3 nitrogen and oxygen atoms in total. The van der Waals surface area contributed by atoms with Gasteiger partial charge in [-0.25, -0.2) is 0 Å². The number of nitrogens with zero attached hydrogens (tertiary/aromatic N) is 1. The van der Waals surface area contributed by atoms with E-state index in [0.717, 1.165) is 6.54 Å². The van der Waals surface area contributed by atoms with Crippen LogP contribution in [0.25, 0.3) is 0 Å². The van der Waals surface area contributed by atoms with Crippen LogP contribution in [0.5, 0.6) is 0 Å². The number of hydrogen-bond donors (Lipinski definition) is 2. The van der Waals surface area contributed by atoms with Crippen LogP contribution in [0.2, 0.25) is 0 Å². The third-order valence-electron chi connectivity index (χ3n) is 4.28. The highest BCUT2D eigenvalue weighted by Gasteiger charge is 2.24. The quantitative estimate of drug-likeness (QED) is 0.756. The molecule has 0 bridgehead atoms. The van der Waals surface area contributed by atoms with Gasteiger partial charge in [-0.2, -0.15) is 0 Å². The number of aliphatic hydroxyl groups is 1. The zero-order valence-corrected chi connectivity index (χ0v) is 10.5. The number of likely N-dealkylation sites (tertiary alicyclic amines) is 1. The molecular weight excluding hydrogens is 200 g/mol. The van der Waals surface area contributed by atoms with Gasteiger partial charge in [0.1, 0.15) is 0 Å². The summed E-state index contributed by atoms with van der Waals surface area (Å²) in [6, 6.07) is 0.632. The zero-order chi connectivity index (χ0) is 11.4. The molecule has 0 aromatic rings. The molecule has 2 aliphatic rings. The average Bonchev–Trinajstić information content (AvgIpc) is 2.81. The first-order valence-corrected chi connectivity index (χ1v) is 6.85. The predicted molar refractivity (Wildman–Crippen MR) is 66.5 cm³/mol. The highest BCUT2D eigenvalue weighted by atomic mass is 16.3. The molecule has 2 fully saturated rings. The van der Waals surface area contributed by atoms with E-state index in [9.17, 15) is 5.11 Å². The molecule has 1 heterocycles. The van der Waals surface area contributed by atoms with Crippen molar-refractivity contribution in [1.82, 2.24) is 10.2 Å². The lowest BCUT2D eigenvalue weighted by atomic mass is 9.99. The molecule has 1 saturated heterocycles. The molecule has 2 N–H and O–H groups in total. The second-order valence-corrected chi connectivity index (χ2v) is 5.60. The summed E-state index contributed by atoms with van der Waals surface area (Å²) in [5.74, 6) is 0.568.